The molecule has 0 aliphatic heterocycles. The molecule has 36 heavy (non-hydrogen) atoms. The summed E-state index contributed by atoms with van der Waals surface area (Å²) < 4.78 is 6.19. The lowest BCUT2D eigenvalue weighted by Gasteiger charge is -2.36. The lowest BCUT2D eigenvalue weighted by Crippen LogP contribution is -2.41. The second kappa shape index (κ2) is 11.5. The highest BCUT2D eigenvalue weighted by molar-refractivity contribution is 7.14. The van der Waals surface area contributed by atoms with Crippen LogP contribution >= 0.6 is 22.9 Å². The van der Waals surface area contributed by atoms with Gasteiger partial charge in [-0.3, -0.25) is 9.59 Å². The van der Waals surface area contributed by atoms with Gasteiger partial charge in [-0.2, -0.15) is 0 Å². The smallest absolute Gasteiger partial charge is 0.277 e. The zero-order valence-electron chi connectivity index (χ0n) is 21.4. The van der Waals surface area contributed by atoms with Gasteiger partial charge < -0.3 is 20.4 Å². The van der Waals surface area contributed by atoms with Gasteiger partial charge in [0.05, 0.1) is 16.6 Å². The molecule has 0 radical (unpaired) electrons. The summed E-state index contributed by atoms with van der Waals surface area (Å²) in [6.07, 6.45) is 1.43. The molecule has 0 aliphatic rings. The van der Waals surface area contributed by atoms with E-state index in [9.17, 15) is 9.59 Å². The normalized spacial score (nSPS) is 11.8. The summed E-state index contributed by atoms with van der Waals surface area (Å²) in [7, 11) is -1.77. The molecule has 3 aromatic rings. The van der Waals surface area contributed by atoms with Gasteiger partial charge in [0.2, 0.25) is 0 Å². The molecule has 1 aromatic carbocycles. The quantitative estimate of drug-likeness (QED) is 0.211. The first kappa shape index (κ1) is 27.8. The standard InChI is InChI=1S/C25H32ClN5O3SSi/c1-16-29-21(23(32)31-20-12-7-17(26)15-28-20)22(35-16)24(33)30-19-10-8-18(9-11-19)27-13-14-34-36(5,6)25(2,3)4/h7-12,15,27H,13-14H2,1-6H3,(H,30,33)(H,28,31,32). The van der Waals surface area contributed by atoms with E-state index in [1.807, 2.05) is 12.1 Å². The Morgan fingerprint density at radius 2 is 1.69 bits per heavy atom. The summed E-state index contributed by atoms with van der Waals surface area (Å²) in [5.74, 6) is -0.601. The number of benzene rings is 1. The van der Waals surface area contributed by atoms with Gasteiger partial charge in [-0.1, -0.05) is 32.4 Å². The Bertz CT molecular complexity index is 1210. The first-order valence-electron chi connectivity index (χ1n) is 11.6. The Balaban J connectivity index is 1.57. The van der Waals surface area contributed by atoms with Crippen molar-refractivity contribution >= 4 is 60.3 Å². The number of rotatable bonds is 9. The zero-order chi connectivity index (χ0) is 26.5. The van der Waals surface area contributed by atoms with Gasteiger partial charge >= 0.3 is 0 Å². The minimum absolute atomic E-state index is 0.0479. The monoisotopic (exact) mass is 545 g/mol. The first-order chi connectivity index (χ1) is 16.9. The summed E-state index contributed by atoms with van der Waals surface area (Å²) in [5, 5.41) is 10.1. The van der Waals surface area contributed by atoms with Crippen LogP contribution in [0.3, 0.4) is 0 Å². The molecule has 192 valence electrons. The Kier molecular flexibility index (Phi) is 8.88. The predicted octanol–water partition coefficient (Wildman–Crippen LogP) is 6.44. The van der Waals surface area contributed by atoms with Crippen LogP contribution in [0.15, 0.2) is 42.6 Å². The summed E-state index contributed by atoms with van der Waals surface area (Å²) in [5.41, 5.74) is 1.59. The molecule has 2 heterocycles. The third-order valence-electron chi connectivity index (χ3n) is 5.97. The van der Waals surface area contributed by atoms with Crippen LogP contribution in [0.2, 0.25) is 23.2 Å². The van der Waals surface area contributed by atoms with Crippen LogP contribution in [-0.4, -0.2) is 43.3 Å². The van der Waals surface area contributed by atoms with Crippen molar-refractivity contribution < 1.29 is 14.0 Å². The van der Waals surface area contributed by atoms with Crippen molar-refractivity contribution in [1.82, 2.24) is 9.97 Å². The Morgan fingerprint density at radius 3 is 2.31 bits per heavy atom. The Hall–Kier alpha value is -2.79. The highest BCUT2D eigenvalue weighted by Gasteiger charge is 2.36. The lowest BCUT2D eigenvalue weighted by atomic mass is 10.2. The number of pyridine rings is 1. The second-order valence-corrected chi connectivity index (χ2v) is 16.2. The number of aromatic nitrogens is 2. The highest BCUT2D eigenvalue weighted by Crippen LogP contribution is 2.36. The minimum Gasteiger partial charge on any atom is -0.415 e. The molecule has 0 saturated heterocycles. The van der Waals surface area contributed by atoms with Crippen LogP contribution in [0.5, 0.6) is 0 Å². The van der Waals surface area contributed by atoms with Crippen molar-refractivity contribution in [2.75, 3.05) is 29.1 Å². The molecule has 0 atom stereocenters. The number of thiazole rings is 1. The fourth-order valence-corrected chi connectivity index (χ4v) is 4.91. The van der Waals surface area contributed by atoms with E-state index in [1.54, 1.807) is 31.2 Å². The van der Waals surface area contributed by atoms with Crippen LogP contribution in [-0.2, 0) is 4.43 Å². The predicted molar refractivity (Wildman–Crippen MR) is 150 cm³/mol. The van der Waals surface area contributed by atoms with Gasteiger partial charge in [0.15, 0.2) is 14.0 Å². The van der Waals surface area contributed by atoms with Crippen LogP contribution in [0.1, 0.15) is 45.9 Å². The average Bonchev–Trinajstić information content (AvgIpc) is 3.20. The number of hydrogen-bond donors (Lipinski definition) is 3. The fraction of sp³-hybridized carbons (Fsp3) is 0.360. The van der Waals surface area contributed by atoms with Gasteiger partial charge in [0.25, 0.3) is 11.8 Å². The van der Waals surface area contributed by atoms with Crippen molar-refractivity contribution in [3.63, 3.8) is 0 Å². The molecule has 8 nitrogen and oxygen atoms in total. The minimum atomic E-state index is -1.77. The highest BCUT2D eigenvalue weighted by atomic mass is 35.5. The van der Waals surface area contributed by atoms with E-state index >= 15 is 0 Å². The van der Waals surface area contributed by atoms with E-state index in [0.29, 0.717) is 34.7 Å². The molecular weight excluding hydrogens is 514 g/mol. The summed E-state index contributed by atoms with van der Waals surface area (Å²) in [4.78, 5) is 34.2. The number of carbonyl (C=O) groups excluding carboxylic acids is 2. The zero-order valence-corrected chi connectivity index (χ0v) is 23.9. The van der Waals surface area contributed by atoms with E-state index in [-0.39, 0.29) is 15.6 Å². The number of nitrogens with one attached hydrogen (secondary N) is 3. The third kappa shape index (κ3) is 7.36. The fourth-order valence-electron chi connectivity index (χ4n) is 2.94. The molecule has 0 bridgehead atoms. The number of aryl methyl sites for hydroxylation is 1. The molecule has 3 rings (SSSR count). The van der Waals surface area contributed by atoms with Crippen molar-refractivity contribution in [1.29, 1.82) is 0 Å². The first-order valence-corrected chi connectivity index (χ1v) is 15.7. The molecule has 11 heteroatoms. The summed E-state index contributed by atoms with van der Waals surface area (Å²) in [6.45, 7) is 14.2. The number of hydrogen-bond acceptors (Lipinski definition) is 7. The van der Waals surface area contributed by atoms with Crippen LogP contribution < -0.4 is 16.0 Å². The molecule has 0 spiro atoms. The average molecular weight is 546 g/mol. The van der Waals surface area contributed by atoms with Gasteiger partial charge in [-0.25, -0.2) is 9.97 Å². The number of carbonyl (C=O) groups is 2. The van der Waals surface area contributed by atoms with Crippen molar-refractivity contribution in [2.45, 2.75) is 45.8 Å². The van der Waals surface area contributed by atoms with Gasteiger partial charge in [-0.15, -0.1) is 11.3 Å². The van der Waals surface area contributed by atoms with Crippen molar-refractivity contribution in [2.24, 2.45) is 0 Å². The molecule has 0 unspecified atom stereocenters. The number of halogens is 1. The topological polar surface area (TPSA) is 105 Å². The number of nitrogens with zero attached hydrogens (tertiary/aromatic N) is 2. The van der Waals surface area contributed by atoms with Crippen LogP contribution in [0.4, 0.5) is 17.2 Å². The third-order valence-corrected chi connectivity index (χ3v) is 11.7. The van der Waals surface area contributed by atoms with Gasteiger partial charge in [-0.05, 0) is 61.5 Å². The molecular formula is C25H32ClN5O3SSi. The molecule has 3 N–H and O–H groups in total. The van der Waals surface area contributed by atoms with Crippen molar-refractivity contribution in [3.8, 4) is 0 Å². The lowest BCUT2D eigenvalue weighted by molar-refractivity contribution is 0.0990. The number of anilines is 3. The summed E-state index contributed by atoms with van der Waals surface area (Å²) >= 11 is 6.99. The number of amides is 2. The van der Waals surface area contributed by atoms with Gasteiger partial charge in [0, 0.05) is 24.1 Å². The van der Waals surface area contributed by atoms with E-state index in [4.69, 9.17) is 16.0 Å². The maximum Gasteiger partial charge on any atom is 0.277 e. The molecule has 0 saturated carbocycles. The molecule has 0 aliphatic carbocycles. The second-order valence-electron chi connectivity index (χ2n) is 9.79. The largest absolute Gasteiger partial charge is 0.415 e. The van der Waals surface area contributed by atoms with E-state index in [0.717, 1.165) is 17.0 Å². The van der Waals surface area contributed by atoms with E-state index in [1.165, 1.54) is 6.20 Å². The maximum absolute atomic E-state index is 12.9. The molecule has 2 aromatic heterocycles. The van der Waals surface area contributed by atoms with Crippen molar-refractivity contribution in [3.05, 3.63) is 63.2 Å². The van der Waals surface area contributed by atoms with E-state index < -0.39 is 20.1 Å². The van der Waals surface area contributed by atoms with Crippen LogP contribution in [0, 0.1) is 6.92 Å². The Morgan fingerprint density at radius 1 is 1.03 bits per heavy atom. The Labute approximate surface area is 222 Å². The molecule has 2 amide bonds. The van der Waals surface area contributed by atoms with Gasteiger partial charge in [0.1, 0.15) is 10.7 Å². The van der Waals surface area contributed by atoms with Crippen LogP contribution in [0.25, 0.3) is 0 Å². The van der Waals surface area contributed by atoms with E-state index in [2.05, 4.69) is 59.8 Å². The molecule has 0 fully saturated rings. The summed E-state index contributed by atoms with van der Waals surface area (Å²) in [6, 6.07) is 10.6. The maximum atomic E-state index is 12.9. The SMILES string of the molecule is Cc1nc(C(=O)Nc2ccc(Cl)cn2)c(C(=O)Nc2ccc(NCCO[Si](C)(C)C(C)(C)C)cc2)s1.